The minimum Gasteiger partial charge on any atom is -0.481 e. The lowest BCUT2D eigenvalue weighted by Crippen LogP contribution is -2.62. The van der Waals surface area contributed by atoms with Crippen LogP contribution >= 0.6 is 0 Å². The molecule has 0 saturated heterocycles. The molecule has 3 aromatic rings. The molecule has 7 N–H and O–H groups in total. The highest BCUT2D eigenvalue weighted by molar-refractivity contribution is 6.12. The molecular weight excluding hydrogens is 672 g/mol. The van der Waals surface area contributed by atoms with Crippen molar-refractivity contribution >= 4 is 46.3 Å². The number of Topliss-reactive ketones (excluding diaryl/α,β-unsaturated/α-hetero) is 1. The van der Waals surface area contributed by atoms with Crippen LogP contribution in [0.5, 0.6) is 0 Å². The maximum absolute atomic E-state index is 14.5. The van der Waals surface area contributed by atoms with Gasteiger partial charge in [0.15, 0.2) is 11.8 Å². The molecule has 0 radical (unpaired) electrons. The van der Waals surface area contributed by atoms with Gasteiger partial charge in [0.1, 0.15) is 17.6 Å². The van der Waals surface area contributed by atoms with Crippen LogP contribution in [0.1, 0.15) is 49.0 Å². The monoisotopic (exact) mass is 711 g/mol. The number of fused-ring (bicyclic) bond motifs is 1. The standard InChI is InChI=1S/C36H39F2N3O10/c1-17(2)29(36(50)51)41(40-32(44)22-13-23(34(46)47)15-24(14-22)35(48)49)33(45)28(30(42)21-8-7-19-5-3-4-6-20(19)12-21)31(43)27(39)11-18-9-25(37)16-26(38)10-18/h3-10,12,16-17,22-24,27-29,31,43H,11,13-15,39H2,1-2H3,(H,40,44)(H,46,47)(H,48,49)(H,50,51)/t22?,23-,24+,27-,28?,29-,31+/m0/s1. The molecule has 0 heterocycles. The van der Waals surface area contributed by atoms with Crippen LogP contribution in [0, 0.1) is 41.2 Å². The summed E-state index contributed by atoms with van der Waals surface area (Å²) in [7, 11) is 0. The number of nitrogens with zero attached hydrogens (tertiary/aromatic N) is 1. The molecule has 2 amide bonds. The molecule has 4 rings (SSSR count). The van der Waals surface area contributed by atoms with Gasteiger partial charge in [-0.2, -0.15) is 0 Å². The van der Waals surface area contributed by atoms with E-state index < -0.39 is 101 Å². The zero-order chi connectivity index (χ0) is 37.7. The summed E-state index contributed by atoms with van der Waals surface area (Å²) < 4.78 is 28.0. The van der Waals surface area contributed by atoms with Crippen LogP contribution in [0.15, 0.2) is 60.7 Å². The third kappa shape index (κ3) is 9.10. The number of aliphatic carboxylic acids is 3. The molecule has 1 saturated carbocycles. The maximum atomic E-state index is 14.5. The second-order valence-electron chi connectivity index (χ2n) is 13.2. The van der Waals surface area contributed by atoms with Crippen molar-refractivity contribution in [2.45, 2.75) is 57.7 Å². The van der Waals surface area contributed by atoms with Gasteiger partial charge in [0, 0.05) is 23.6 Å². The van der Waals surface area contributed by atoms with Crippen LogP contribution in [-0.4, -0.2) is 79.1 Å². The number of hydrogen-bond donors (Lipinski definition) is 6. The number of aliphatic hydroxyl groups is 1. The molecule has 51 heavy (non-hydrogen) atoms. The van der Waals surface area contributed by atoms with Crippen molar-refractivity contribution in [3.63, 3.8) is 0 Å². The van der Waals surface area contributed by atoms with Crippen LogP contribution < -0.4 is 11.2 Å². The van der Waals surface area contributed by atoms with Crippen LogP contribution in [0.2, 0.25) is 0 Å². The van der Waals surface area contributed by atoms with Crippen molar-refractivity contribution in [3.8, 4) is 0 Å². The fraction of sp³-hybridized carbons (Fsp3) is 0.389. The molecule has 1 aliphatic carbocycles. The number of hydrogen-bond acceptors (Lipinski definition) is 8. The number of aliphatic hydroxyl groups excluding tert-OH is 1. The lowest BCUT2D eigenvalue weighted by atomic mass is 9.75. The summed E-state index contributed by atoms with van der Waals surface area (Å²) >= 11 is 0. The largest absolute Gasteiger partial charge is 0.481 e. The van der Waals surface area contributed by atoms with Gasteiger partial charge >= 0.3 is 17.9 Å². The van der Waals surface area contributed by atoms with Crippen LogP contribution in [-0.2, 0) is 30.4 Å². The van der Waals surface area contributed by atoms with Gasteiger partial charge in [0.05, 0.1) is 17.9 Å². The van der Waals surface area contributed by atoms with Crippen molar-refractivity contribution in [2.75, 3.05) is 0 Å². The second-order valence-corrected chi connectivity index (χ2v) is 13.2. The fourth-order valence-electron chi connectivity index (χ4n) is 6.56. The van der Waals surface area contributed by atoms with Gasteiger partial charge < -0.3 is 26.2 Å². The molecule has 0 spiro atoms. The molecule has 0 aliphatic heterocycles. The predicted molar refractivity (Wildman–Crippen MR) is 177 cm³/mol. The van der Waals surface area contributed by atoms with E-state index in [-0.39, 0.29) is 30.4 Å². The molecule has 3 aromatic carbocycles. The number of nitrogens with two attached hydrogens (primary N) is 1. The lowest BCUT2D eigenvalue weighted by molar-refractivity contribution is -0.163. The number of nitrogens with one attached hydrogen (secondary N) is 1. The van der Waals surface area contributed by atoms with E-state index in [1.54, 1.807) is 30.3 Å². The number of carbonyl (C=O) groups is 6. The number of rotatable bonds is 13. The van der Waals surface area contributed by atoms with Crippen molar-refractivity contribution in [1.82, 2.24) is 10.4 Å². The van der Waals surface area contributed by atoms with Crippen LogP contribution in [0.4, 0.5) is 8.78 Å². The highest BCUT2D eigenvalue weighted by Crippen LogP contribution is 2.34. The number of halogens is 2. The Morgan fingerprint density at radius 1 is 0.824 bits per heavy atom. The highest BCUT2D eigenvalue weighted by atomic mass is 19.1. The molecule has 1 aliphatic rings. The van der Waals surface area contributed by atoms with Gasteiger partial charge in [-0.25, -0.2) is 18.6 Å². The topological polar surface area (TPSA) is 225 Å². The Morgan fingerprint density at radius 3 is 1.90 bits per heavy atom. The lowest BCUT2D eigenvalue weighted by Gasteiger charge is -2.37. The normalized spacial score (nSPS) is 19.8. The Hall–Kier alpha value is -5.28. The van der Waals surface area contributed by atoms with Gasteiger partial charge in [0.25, 0.3) is 5.91 Å². The van der Waals surface area contributed by atoms with E-state index in [0.717, 1.165) is 17.5 Å². The van der Waals surface area contributed by atoms with E-state index in [2.05, 4.69) is 5.43 Å². The summed E-state index contributed by atoms with van der Waals surface area (Å²) in [6, 6.07) is 10.5. The van der Waals surface area contributed by atoms with Gasteiger partial charge in [-0.3, -0.25) is 29.4 Å². The van der Waals surface area contributed by atoms with Crippen molar-refractivity contribution in [3.05, 3.63) is 83.4 Å². The summed E-state index contributed by atoms with van der Waals surface area (Å²) in [4.78, 5) is 78.7. The number of ketones is 1. The van der Waals surface area contributed by atoms with E-state index in [4.69, 9.17) is 5.73 Å². The third-order valence-corrected chi connectivity index (χ3v) is 9.16. The first-order chi connectivity index (χ1) is 24.0. The molecule has 7 atom stereocenters. The summed E-state index contributed by atoms with van der Waals surface area (Å²) in [6.45, 7) is 2.82. The van der Waals surface area contributed by atoms with Gasteiger partial charge in [0.2, 0.25) is 5.91 Å². The first-order valence-electron chi connectivity index (χ1n) is 16.2. The smallest absolute Gasteiger partial charge is 0.328 e. The molecule has 272 valence electrons. The van der Waals surface area contributed by atoms with Gasteiger partial charge in [-0.05, 0) is 66.1 Å². The van der Waals surface area contributed by atoms with Gasteiger partial charge in [-0.15, -0.1) is 0 Å². The average Bonchev–Trinajstić information content (AvgIpc) is 3.06. The average molecular weight is 712 g/mol. The molecule has 13 nitrogen and oxygen atoms in total. The number of carboxylic acids is 3. The van der Waals surface area contributed by atoms with Crippen molar-refractivity contribution in [1.29, 1.82) is 0 Å². The second kappa shape index (κ2) is 16.2. The summed E-state index contributed by atoms with van der Waals surface area (Å²) in [5.41, 5.74) is 8.38. The highest BCUT2D eigenvalue weighted by Gasteiger charge is 2.46. The minimum absolute atomic E-state index is 0.0163. The number of carboxylic acid groups (broad SMARTS) is 3. The first-order valence-corrected chi connectivity index (χ1v) is 16.2. The molecule has 1 fully saturated rings. The van der Waals surface area contributed by atoms with Crippen molar-refractivity contribution in [2.24, 2.45) is 35.3 Å². The Kier molecular flexibility index (Phi) is 12.2. The number of hydrazine groups is 1. The molecule has 15 heteroatoms. The Bertz CT molecular complexity index is 1790. The SMILES string of the molecule is CC(C)[C@@H](C(=O)O)N(NC(=O)C1C[C@@H](C(=O)O)C[C@@H](C(=O)O)C1)C(=O)C(C(=O)c1ccc2ccccc2c1)[C@H](O)[C@@H](N)Cc1cc(F)cc(F)c1. The quantitative estimate of drug-likeness (QED) is 0.0859. The van der Waals surface area contributed by atoms with E-state index in [9.17, 15) is 58.0 Å². The number of carbonyl (C=O) groups excluding carboxylic acids is 3. The molecular formula is C36H39F2N3O10. The van der Waals surface area contributed by atoms with E-state index >= 15 is 0 Å². The minimum atomic E-state index is -2.18. The van der Waals surface area contributed by atoms with E-state index in [1.807, 2.05) is 0 Å². The molecule has 0 bridgehead atoms. The zero-order valence-corrected chi connectivity index (χ0v) is 27.7. The van der Waals surface area contributed by atoms with Crippen LogP contribution in [0.25, 0.3) is 10.8 Å². The number of amides is 2. The molecule has 0 aromatic heterocycles. The summed E-state index contributed by atoms with van der Waals surface area (Å²) in [6.07, 6.45) is -3.42. The zero-order valence-electron chi connectivity index (χ0n) is 27.7. The van der Waals surface area contributed by atoms with E-state index in [0.29, 0.717) is 16.5 Å². The Morgan fingerprint density at radius 2 is 1.37 bits per heavy atom. The van der Waals surface area contributed by atoms with E-state index in [1.165, 1.54) is 26.0 Å². The number of benzene rings is 3. The maximum Gasteiger partial charge on any atom is 0.328 e. The Labute approximate surface area is 291 Å². The summed E-state index contributed by atoms with van der Waals surface area (Å²) in [5.74, 6) is -16.5. The molecule has 2 unspecified atom stereocenters. The first kappa shape index (κ1) is 38.5. The van der Waals surface area contributed by atoms with Gasteiger partial charge in [-0.1, -0.05) is 50.2 Å². The van der Waals surface area contributed by atoms with Crippen LogP contribution in [0.3, 0.4) is 0 Å². The predicted octanol–water partition coefficient (Wildman–Crippen LogP) is 3.02. The Balaban J connectivity index is 1.78. The third-order valence-electron chi connectivity index (χ3n) is 9.16. The summed E-state index contributed by atoms with van der Waals surface area (Å²) in [5, 5.41) is 42.7. The fourth-order valence-corrected chi connectivity index (χ4v) is 6.56. The van der Waals surface area contributed by atoms with Crippen molar-refractivity contribution < 1.29 is 58.0 Å².